The number of hydrogen-bond acceptors (Lipinski definition) is 6. The van der Waals surface area contributed by atoms with Crippen molar-refractivity contribution >= 4 is 96.6 Å². The number of benzene rings is 7. The zero-order valence-electron chi connectivity index (χ0n) is 27.1. The lowest BCUT2D eigenvalue weighted by Gasteiger charge is -2.23. The van der Waals surface area contributed by atoms with Crippen molar-refractivity contribution in [1.82, 2.24) is 5.32 Å². The number of nitrogens with one attached hydrogen (secondary N) is 1. The van der Waals surface area contributed by atoms with Gasteiger partial charge in [-0.2, -0.15) is 0 Å². The number of fused-ring (bicyclic) bond motifs is 9. The second-order valence-electron chi connectivity index (χ2n) is 13.0. The third-order valence-corrected chi connectivity index (χ3v) is 12.2. The van der Waals surface area contributed by atoms with Gasteiger partial charge < -0.3 is 9.73 Å². The largest absolute Gasteiger partial charge is 0.455 e. The Morgan fingerprint density at radius 2 is 1.16 bits per heavy atom. The van der Waals surface area contributed by atoms with Crippen LogP contribution in [0.25, 0.3) is 73.4 Å². The van der Waals surface area contributed by atoms with E-state index in [9.17, 15) is 0 Å². The van der Waals surface area contributed by atoms with Gasteiger partial charge in [0.1, 0.15) is 23.2 Å². The van der Waals surface area contributed by atoms with E-state index in [0.717, 1.165) is 61.4 Å². The quantitative estimate of drug-likeness (QED) is 0.200. The molecule has 1 atom stereocenters. The van der Waals surface area contributed by atoms with Crippen molar-refractivity contribution in [2.75, 3.05) is 0 Å². The van der Waals surface area contributed by atoms with E-state index in [2.05, 4.69) is 139 Å². The molecule has 1 aliphatic rings. The number of para-hydroxylation sites is 2. The lowest BCUT2D eigenvalue weighted by Crippen LogP contribution is -2.33. The van der Waals surface area contributed by atoms with Crippen molar-refractivity contribution in [3.8, 4) is 11.1 Å². The van der Waals surface area contributed by atoms with E-state index in [1.54, 1.807) is 0 Å². The molecule has 0 amide bonds. The Hall–Kier alpha value is -6.08. The molecular formula is C45H27N3OS2. The molecule has 4 heterocycles. The highest BCUT2D eigenvalue weighted by molar-refractivity contribution is 7.26. The molecule has 0 fully saturated rings. The summed E-state index contributed by atoms with van der Waals surface area (Å²) < 4.78 is 11.4. The van der Waals surface area contributed by atoms with Gasteiger partial charge in [0.2, 0.25) is 0 Å². The number of aliphatic imine (C=N–C) groups is 2. The normalized spacial score (nSPS) is 14.9. The predicted octanol–water partition coefficient (Wildman–Crippen LogP) is 12.5. The van der Waals surface area contributed by atoms with Crippen LogP contribution in [0.3, 0.4) is 0 Å². The van der Waals surface area contributed by atoms with E-state index in [1.807, 2.05) is 40.9 Å². The summed E-state index contributed by atoms with van der Waals surface area (Å²) in [6.45, 7) is 0. The molecule has 11 rings (SSSR count). The van der Waals surface area contributed by atoms with Crippen molar-refractivity contribution in [3.05, 3.63) is 168 Å². The average molecular weight is 690 g/mol. The lowest BCUT2D eigenvalue weighted by atomic mass is 10.0. The molecule has 1 N–H and O–H groups in total. The molecule has 240 valence electrons. The topological polar surface area (TPSA) is 49.9 Å². The van der Waals surface area contributed by atoms with Gasteiger partial charge >= 0.3 is 0 Å². The first-order valence-electron chi connectivity index (χ1n) is 17.0. The van der Waals surface area contributed by atoms with Crippen LogP contribution in [-0.4, -0.2) is 11.7 Å². The summed E-state index contributed by atoms with van der Waals surface area (Å²) in [6, 6.07) is 53.8. The van der Waals surface area contributed by atoms with E-state index in [0.29, 0.717) is 0 Å². The van der Waals surface area contributed by atoms with E-state index >= 15 is 0 Å². The van der Waals surface area contributed by atoms with Crippen LogP contribution in [-0.2, 0) is 0 Å². The Bertz CT molecular complexity index is 3070. The van der Waals surface area contributed by atoms with Crippen LogP contribution in [0.4, 0.5) is 0 Å². The highest BCUT2D eigenvalue weighted by Crippen LogP contribution is 2.41. The zero-order valence-corrected chi connectivity index (χ0v) is 28.8. The minimum absolute atomic E-state index is 0.262. The van der Waals surface area contributed by atoms with Crippen LogP contribution >= 0.6 is 22.7 Å². The average Bonchev–Trinajstić information content (AvgIpc) is 3.88. The molecule has 1 aliphatic heterocycles. The van der Waals surface area contributed by atoms with Gasteiger partial charge in [-0.1, -0.05) is 97.1 Å². The number of rotatable bonds is 4. The van der Waals surface area contributed by atoms with Gasteiger partial charge in [0.05, 0.1) is 0 Å². The Kier molecular flexibility index (Phi) is 6.32. The third kappa shape index (κ3) is 4.64. The van der Waals surface area contributed by atoms with Gasteiger partial charge in [-0.25, -0.2) is 9.98 Å². The van der Waals surface area contributed by atoms with Crippen molar-refractivity contribution in [1.29, 1.82) is 0 Å². The van der Waals surface area contributed by atoms with Gasteiger partial charge in [-0.3, -0.25) is 0 Å². The first-order chi connectivity index (χ1) is 25.2. The molecule has 0 bridgehead atoms. The summed E-state index contributed by atoms with van der Waals surface area (Å²) >= 11 is 3.64. The number of furan rings is 1. The number of hydrogen-bond donors (Lipinski definition) is 1. The predicted molar refractivity (Wildman–Crippen MR) is 217 cm³/mol. The van der Waals surface area contributed by atoms with Gasteiger partial charge in [0.15, 0.2) is 5.84 Å². The Morgan fingerprint density at radius 1 is 0.490 bits per heavy atom. The summed E-state index contributed by atoms with van der Waals surface area (Å²) in [5.41, 5.74) is 7.25. The fourth-order valence-corrected chi connectivity index (χ4v) is 9.68. The van der Waals surface area contributed by atoms with Crippen molar-refractivity contribution in [3.63, 3.8) is 0 Å². The number of amidine groups is 2. The summed E-state index contributed by atoms with van der Waals surface area (Å²) in [4.78, 5) is 10.4. The summed E-state index contributed by atoms with van der Waals surface area (Å²) in [5.74, 6) is 1.55. The number of thiophene rings is 2. The standard InChI is InChI=1S/C45H27N3OS2/c1-2-9-26(10-3-1)43-46-44(28-18-21-39-35(23-28)32-12-5-7-16-38(32)50-39)48-45(47-43)29-19-22-40-36(24-29)33-20-17-27(25-41(33)51-40)30-13-8-14-34-31-11-4-6-15-37(31)49-42(30)34/h1-25,43H,(H,46,47,48). The van der Waals surface area contributed by atoms with Crippen LogP contribution in [0.1, 0.15) is 22.9 Å². The minimum atomic E-state index is -0.262. The monoisotopic (exact) mass is 689 g/mol. The summed E-state index contributed by atoms with van der Waals surface area (Å²) in [6.07, 6.45) is -0.262. The molecule has 1 unspecified atom stereocenters. The molecule has 6 heteroatoms. The fourth-order valence-electron chi connectivity index (χ4n) is 7.46. The highest BCUT2D eigenvalue weighted by atomic mass is 32.1. The minimum Gasteiger partial charge on any atom is -0.455 e. The summed E-state index contributed by atoms with van der Waals surface area (Å²) in [5, 5.41) is 10.9. The van der Waals surface area contributed by atoms with E-state index in [4.69, 9.17) is 14.4 Å². The lowest BCUT2D eigenvalue weighted by molar-refractivity contribution is 0.670. The van der Waals surface area contributed by atoms with Gasteiger partial charge in [-0.15, -0.1) is 22.7 Å². The maximum Gasteiger partial charge on any atom is 0.159 e. The van der Waals surface area contributed by atoms with Crippen LogP contribution in [0, 0.1) is 0 Å². The molecule has 7 aromatic carbocycles. The van der Waals surface area contributed by atoms with Gasteiger partial charge in [0.25, 0.3) is 0 Å². The first kappa shape index (κ1) is 28.7. The molecule has 0 saturated heterocycles. The molecule has 10 aromatic rings. The molecule has 3 aromatic heterocycles. The second kappa shape index (κ2) is 11.2. The van der Waals surface area contributed by atoms with Crippen molar-refractivity contribution < 1.29 is 4.42 Å². The van der Waals surface area contributed by atoms with E-state index in [1.165, 1.54) is 40.3 Å². The number of nitrogens with zero attached hydrogens (tertiary/aromatic N) is 2. The van der Waals surface area contributed by atoms with Gasteiger partial charge in [-0.05, 0) is 65.7 Å². The Labute approximate surface area is 300 Å². The molecule has 51 heavy (non-hydrogen) atoms. The van der Waals surface area contributed by atoms with Crippen LogP contribution in [0.15, 0.2) is 166 Å². The smallest absolute Gasteiger partial charge is 0.159 e. The SMILES string of the molecule is c1ccc(C2N=C(c3ccc4sc5ccccc5c4c3)N=C(c3ccc4sc5cc(-c6cccc7c6oc6ccccc67)ccc5c4c3)N2)cc1. The van der Waals surface area contributed by atoms with Crippen molar-refractivity contribution in [2.45, 2.75) is 6.17 Å². The molecular weight excluding hydrogens is 663 g/mol. The van der Waals surface area contributed by atoms with E-state index < -0.39 is 0 Å². The second-order valence-corrected chi connectivity index (χ2v) is 15.2. The highest BCUT2D eigenvalue weighted by Gasteiger charge is 2.22. The fraction of sp³-hybridized carbons (Fsp3) is 0.0222. The molecule has 4 nitrogen and oxygen atoms in total. The molecule has 0 aliphatic carbocycles. The third-order valence-electron chi connectivity index (χ3n) is 9.95. The van der Waals surface area contributed by atoms with Crippen LogP contribution < -0.4 is 5.32 Å². The van der Waals surface area contributed by atoms with Crippen LogP contribution in [0.2, 0.25) is 0 Å². The van der Waals surface area contributed by atoms with Crippen LogP contribution in [0.5, 0.6) is 0 Å². The Morgan fingerprint density at radius 3 is 2.04 bits per heavy atom. The first-order valence-corrected chi connectivity index (χ1v) is 18.6. The van der Waals surface area contributed by atoms with Gasteiger partial charge in [0, 0.05) is 67.8 Å². The zero-order chi connectivity index (χ0) is 33.5. The molecule has 0 spiro atoms. The maximum atomic E-state index is 6.38. The summed E-state index contributed by atoms with van der Waals surface area (Å²) in [7, 11) is 0. The Balaban J connectivity index is 1.02. The molecule has 0 radical (unpaired) electrons. The molecule has 0 saturated carbocycles. The van der Waals surface area contributed by atoms with E-state index in [-0.39, 0.29) is 6.17 Å². The van der Waals surface area contributed by atoms with Crippen molar-refractivity contribution in [2.24, 2.45) is 9.98 Å². The maximum absolute atomic E-state index is 6.38.